The zero-order valence-electron chi connectivity index (χ0n) is 11.3. The fourth-order valence-electron chi connectivity index (χ4n) is 2.48. The lowest BCUT2D eigenvalue weighted by Crippen LogP contribution is -2.24. The topological polar surface area (TPSA) is 105 Å². The number of ether oxygens (including phenoxy) is 1. The number of aromatic nitrogens is 4. The summed E-state index contributed by atoms with van der Waals surface area (Å²) >= 11 is 0. The molecule has 1 fully saturated rings. The maximum atomic E-state index is 9.83. The van der Waals surface area contributed by atoms with E-state index in [9.17, 15) is 5.11 Å². The Morgan fingerprint density at radius 2 is 2.30 bits per heavy atom. The maximum absolute atomic E-state index is 9.83. The van der Waals surface area contributed by atoms with Gasteiger partial charge in [0.25, 0.3) is 0 Å². The first kappa shape index (κ1) is 13.2. The molecule has 1 aliphatic heterocycles. The summed E-state index contributed by atoms with van der Waals surface area (Å²) in [6.07, 6.45) is 0.540. The van der Waals surface area contributed by atoms with Gasteiger partial charge in [-0.25, -0.2) is 4.98 Å². The second-order valence-electron chi connectivity index (χ2n) is 4.83. The molecule has 2 aromatic rings. The molecule has 0 spiro atoms. The van der Waals surface area contributed by atoms with Crippen molar-refractivity contribution in [2.24, 2.45) is 0 Å². The van der Waals surface area contributed by atoms with Gasteiger partial charge in [-0.3, -0.25) is 0 Å². The molecule has 3 atom stereocenters. The number of rotatable bonds is 3. The summed E-state index contributed by atoms with van der Waals surface area (Å²) in [5.41, 5.74) is 1.44. The van der Waals surface area contributed by atoms with Crippen LogP contribution in [0.1, 0.15) is 23.9 Å². The fraction of sp³-hybridized carbons (Fsp3) is 0.583. The van der Waals surface area contributed by atoms with E-state index < -0.39 is 12.2 Å². The number of hydrogen-bond acceptors (Lipinski definition) is 7. The van der Waals surface area contributed by atoms with Gasteiger partial charge in [-0.1, -0.05) is 0 Å². The van der Waals surface area contributed by atoms with Gasteiger partial charge in [0.05, 0.1) is 25.0 Å². The van der Waals surface area contributed by atoms with Crippen LogP contribution in [-0.2, 0) is 4.74 Å². The third kappa shape index (κ3) is 2.01. The van der Waals surface area contributed by atoms with Crippen LogP contribution in [0, 0.1) is 6.92 Å². The van der Waals surface area contributed by atoms with E-state index in [2.05, 4.69) is 20.4 Å². The first-order valence-corrected chi connectivity index (χ1v) is 6.48. The van der Waals surface area contributed by atoms with Crippen molar-refractivity contribution < 1.29 is 14.9 Å². The number of anilines is 1. The maximum Gasteiger partial charge on any atom is 0.227 e. The van der Waals surface area contributed by atoms with E-state index in [0.717, 1.165) is 5.56 Å². The van der Waals surface area contributed by atoms with Crippen molar-refractivity contribution in [1.29, 1.82) is 0 Å². The minimum atomic E-state index is -0.674. The van der Waals surface area contributed by atoms with Crippen LogP contribution >= 0.6 is 0 Å². The van der Waals surface area contributed by atoms with Crippen LogP contribution in [-0.4, -0.2) is 55.7 Å². The van der Waals surface area contributed by atoms with Gasteiger partial charge in [0.2, 0.25) is 5.95 Å². The van der Waals surface area contributed by atoms with Gasteiger partial charge < -0.3 is 20.3 Å². The Morgan fingerprint density at radius 1 is 1.50 bits per heavy atom. The summed E-state index contributed by atoms with van der Waals surface area (Å²) in [5.74, 6) is 1.22. The number of nitrogens with zero attached hydrogens (tertiary/aromatic N) is 4. The van der Waals surface area contributed by atoms with Gasteiger partial charge in [0.15, 0.2) is 5.65 Å². The average Bonchev–Trinajstić information content (AvgIpc) is 3.00. The van der Waals surface area contributed by atoms with Crippen molar-refractivity contribution in [2.45, 2.75) is 31.7 Å². The van der Waals surface area contributed by atoms with Gasteiger partial charge in [0, 0.05) is 19.0 Å². The zero-order valence-corrected chi connectivity index (χ0v) is 11.3. The number of fused-ring (bicyclic) bond motifs is 1. The predicted molar refractivity (Wildman–Crippen MR) is 70.4 cm³/mol. The summed E-state index contributed by atoms with van der Waals surface area (Å²) in [7, 11) is 1.76. The van der Waals surface area contributed by atoms with E-state index in [0.29, 0.717) is 23.8 Å². The van der Waals surface area contributed by atoms with E-state index in [1.54, 1.807) is 24.7 Å². The van der Waals surface area contributed by atoms with Crippen LogP contribution in [0.3, 0.4) is 0 Å². The van der Waals surface area contributed by atoms with E-state index in [4.69, 9.17) is 9.84 Å². The molecule has 2 aromatic heterocycles. The lowest BCUT2D eigenvalue weighted by molar-refractivity contribution is -0.0222. The fourth-order valence-corrected chi connectivity index (χ4v) is 2.48. The summed E-state index contributed by atoms with van der Waals surface area (Å²) in [6, 6.07) is 0. The third-order valence-corrected chi connectivity index (χ3v) is 3.48. The van der Waals surface area contributed by atoms with Gasteiger partial charge in [0.1, 0.15) is 11.9 Å². The molecule has 0 bridgehead atoms. The van der Waals surface area contributed by atoms with E-state index in [1.807, 2.05) is 0 Å². The minimum absolute atomic E-state index is 0.202. The Hall–Kier alpha value is -1.77. The molecule has 8 nitrogen and oxygen atoms in total. The Labute approximate surface area is 115 Å². The van der Waals surface area contributed by atoms with Crippen LogP contribution in [0.15, 0.2) is 6.20 Å². The Balaban J connectivity index is 2.03. The molecule has 0 saturated carbocycles. The second kappa shape index (κ2) is 4.97. The molecule has 0 aromatic carbocycles. The van der Waals surface area contributed by atoms with Crippen molar-refractivity contribution in [3.05, 3.63) is 17.6 Å². The average molecular weight is 279 g/mol. The molecule has 1 saturated heterocycles. The molecule has 3 N–H and O–H groups in total. The minimum Gasteiger partial charge on any atom is -0.394 e. The summed E-state index contributed by atoms with van der Waals surface area (Å²) < 4.78 is 7.26. The first-order valence-electron chi connectivity index (χ1n) is 6.48. The molecule has 0 radical (unpaired) electrons. The quantitative estimate of drug-likeness (QED) is 0.705. The zero-order chi connectivity index (χ0) is 14.3. The summed E-state index contributed by atoms with van der Waals surface area (Å²) in [6.45, 7) is 1.60. The monoisotopic (exact) mass is 279 g/mol. The largest absolute Gasteiger partial charge is 0.394 e. The SMILES string of the molecule is CNc1nc(C)nc2c([C@H]3C[C@@H](O)[C@@H](CO)O3)cnn12. The highest BCUT2D eigenvalue weighted by Gasteiger charge is 2.36. The van der Waals surface area contributed by atoms with Gasteiger partial charge >= 0.3 is 0 Å². The second-order valence-corrected chi connectivity index (χ2v) is 4.83. The Bertz CT molecular complexity index is 629. The van der Waals surface area contributed by atoms with E-state index >= 15 is 0 Å². The van der Waals surface area contributed by atoms with Gasteiger partial charge in [-0.2, -0.15) is 14.6 Å². The molecule has 8 heteroatoms. The molecule has 3 heterocycles. The summed E-state index contributed by atoms with van der Waals surface area (Å²) in [5, 5.41) is 26.2. The number of aliphatic hydroxyl groups excluding tert-OH is 2. The number of aliphatic hydroxyl groups is 2. The van der Waals surface area contributed by atoms with Crippen molar-refractivity contribution in [2.75, 3.05) is 19.0 Å². The summed E-state index contributed by atoms with van der Waals surface area (Å²) in [4.78, 5) is 8.64. The van der Waals surface area contributed by atoms with Crippen LogP contribution in [0.5, 0.6) is 0 Å². The highest BCUT2D eigenvalue weighted by atomic mass is 16.5. The third-order valence-electron chi connectivity index (χ3n) is 3.48. The molecule has 1 aliphatic rings. The Morgan fingerprint density at radius 3 is 2.95 bits per heavy atom. The molecule has 0 amide bonds. The highest BCUT2D eigenvalue weighted by molar-refractivity contribution is 5.52. The molecule has 0 aliphatic carbocycles. The van der Waals surface area contributed by atoms with Crippen molar-refractivity contribution in [1.82, 2.24) is 19.6 Å². The number of aryl methyl sites for hydroxylation is 1. The van der Waals surface area contributed by atoms with E-state index in [1.165, 1.54) is 0 Å². The molecule has 20 heavy (non-hydrogen) atoms. The van der Waals surface area contributed by atoms with Crippen molar-refractivity contribution in [3.63, 3.8) is 0 Å². The molecule has 108 valence electrons. The van der Waals surface area contributed by atoms with Crippen molar-refractivity contribution in [3.8, 4) is 0 Å². The molecular weight excluding hydrogens is 262 g/mol. The van der Waals surface area contributed by atoms with Crippen LogP contribution in [0.25, 0.3) is 5.65 Å². The van der Waals surface area contributed by atoms with Crippen LogP contribution in [0.4, 0.5) is 5.95 Å². The smallest absolute Gasteiger partial charge is 0.227 e. The van der Waals surface area contributed by atoms with E-state index in [-0.39, 0.29) is 12.7 Å². The number of hydrogen-bond donors (Lipinski definition) is 3. The standard InChI is InChI=1S/C12H17N5O3/c1-6-15-11-7(4-14-17(11)12(13-2)16-6)9-3-8(19)10(5-18)20-9/h4,8-10,18-19H,3,5H2,1-2H3,(H,13,15,16)/t8-,9-,10-/m1/s1. The van der Waals surface area contributed by atoms with Gasteiger partial charge in [-0.05, 0) is 6.92 Å². The first-order chi connectivity index (χ1) is 9.63. The molecule has 0 unspecified atom stereocenters. The van der Waals surface area contributed by atoms with Crippen LogP contribution in [0.2, 0.25) is 0 Å². The molecular formula is C12H17N5O3. The molecule has 3 rings (SSSR count). The normalized spacial score (nSPS) is 26.3. The lowest BCUT2D eigenvalue weighted by Gasteiger charge is -2.11. The predicted octanol–water partition coefficient (Wildman–Crippen LogP) is -0.342. The lowest BCUT2D eigenvalue weighted by atomic mass is 10.1. The number of nitrogens with one attached hydrogen (secondary N) is 1. The van der Waals surface area contributed by atoms with Gasteiger partial charge in [-0.15, -0.1) is 0 Å². The van der Waals surface area contributed by atoms with Crippen molar-refractivity contribution >= 4 is 11.6 Å². The Kier molecular flexibility index (Phi) is 3.28. The van der Waals surface area contributed by atoms with Crippen LogP contribution < -0.4 is 5.32 Å². The highest BCUT2D eigenvalue weighted by Crippen LogP contribution is 2.34.